The molecule has 1 heteroatoms. The van der Waals surface area contributed by atoms with Crippen molar-refractivity contribution < 1.29 is 4.79 Å². The first kappa shape index (κ1) is 14.1. The lowest BCUT2D eigenvalue weighted by Crippen LogP contribution is -2.37. The Morgan fingerprint density at radius 2 is 0.909 bits per heavy atom. The van der Waals surface area contributed by atoms with Gasteiger partial charge in [0.1, 0.15) is 5.78 Å². The summed E-state index contributed by atoms with van der Waals surface area (Å²) in [6.45, 7) is 0. The van der Waals surface area contributed by atoms with Crippen molar-refractivity contribution >= 4 is 5.78 Å². The lowest BCUT2D eigenvalue weighted by Gasteiger charge is -2.45. The number of hydrogen-bond donors (Lipinski definition) is 0. The van der Waals surface area contributed by atoms with Crippen LogP contribution in [0.5, 0.6) is 0 Å². The van der Waals surface area contributed by atoms with Gasteiger partial charge in [-0.2, -0.15) is 0 Å². The molecule has 1 nitrogen and oxygen atoms in total. The number of hydrogen-bond acceptors (Lipinski definition) is 1. The topological polar surface area (TPSA) is 17.1 Å². The van der Waals surface area contributed by atoms with Crippen molar-refractivity contribution in [3.05, 3.63) is 0 Å². The molecule has 0 heterocycles. The Labute approximate surface area is 135 Å². The van der Waals surface area contributed by atoms with E-state index < -0.39 is 0 Å². The van der Waals surface area contributed by atoms with Crippen LogP contribution >= 0.6 is 0 Å². The Hall–Kier alpha value is -0.330. The summed E-state index contributed by atoms with van der Waals surface area (Å²) >= 11 is 0. The Kier molecular flexibility index (Phi) is 3.42. The van der Waals surface area contributed by atoms with E-state index >= 15 is 0 Å². The number of carbonyl (C=O) groups excluding carboxylic acids is 1. The summed E-state index contributed by atoms with van der Waals surface area (Å²) in [5, 5.41) is 0. The summed E-state index contributed by atoms with van der Waals surface area (Å²) in [4.78, 5) is 13.1. The maximum absolute atomic E-state index is 13.1. The van der Waals surface area contributed by atoms with Crippen LogP contribution in [0.1, 0.15) is 77.0 Å². The highest BCUT2D eigenvalue weighted by atomic mass is 16.1. The van der Waals surface area contributed by atoms with Gasteiger partial charge in [0.25, 0.3) is 0 Å². The first-order chi connectivity index (χ1) is 10.8. The van der Waals surface area contributed by atoms with Crippen LogP contribution in [0.25, 0.3) is 0 Å². The number of Topliss-reactive ketones (excluding diaryl/α,β-unsaturated/α-hetero) is 1. The molecule has 5 aliphatic rings. The third kappa shape index (κ3) is 2.06. The zero-order chi connectivity index (χ0) is 14.7. The highest BCUT2D eigenvalue weighted by molar-refractivity contribution is 5.86. The van der Waals surface area contributed by atoms with Crippen LogP contribution in [-0.2, 0) is 4.79 Å². The van der Waals surface area contributed by atoms with Gasteiger partial charge in [0.2, 0.25) is 0 Å². The average Bonchev–Trinajstić information content (AvgIpc) is 2.83. The van der Waals surface area contributed by atoms with Crippen LogP contribution in [0.4, 0.5) is 0 Å². The summed E-state index contributed by atoms with van der Waals surface area (Å²) < 4.78 is 0. The van der Waals surface area contributed by atoms with Crippen LogP contribution in [0.2, 0.25) is 0 Å². The van der Waals surface area contributed by atoms with Crippen LogP contribution in [0, 0.1) is 47.3 Å². The van der Waals surface area contributed by atoms with Crippen LogP contribution < -0.4 is 0 Å². The summed E-state index contributed by atoms with van der Waals surface area (Å²) in [5.41, 5.74) is 0. The molecule has 0 aromatic carbocycles. The normalized spacial score (nSPS) is 54.1. The Morgan fingerprint density at radius 1 is 0.545 bits per heavy atom. The number of fused-ring (bicyclic) bond motifs is 5. The summed E-state index contributed by atoms with van der Waals surface area (Å²) in [5.74, 6) is 7.16. The molecule has 0 N–H and O–H groups in total. The zero-order valence-electron chi connectivity index (χ0n) is 14.0. The summed E-state index contributed by atoms with van der Waals surface area (Å²) in [6.07, 6.45) is 17.1. The highest BCUT2D eigenvalue weighted by Crippen LogP contribution is 2.59. The number of carbonyl (C=O) groups is 1. The minimum atomic E-state index is 0.495. The van der Waals surface area contributed by atoms with Crippen molar-refractivity contribution in [1.82, 2.24) is 0 Å². The SMILES string of the molecule is O=C1C2CC3CCCCC3CC2C2CC3CCCCC3CC12. The molecule has 0 aliphatic heterocycles. The van der Waals surface area contributed by atoms with E-state index in [9.17, 15) is 4.79 Å². The quantitative estimate of drug-likeness (QED) is 0.598. The minimum absolute atomic E-state index is 0.495. The van der Waals surface area contributed by atoms with Gasteiger partial charge in [0.15, 0.2) is 0 Å². The van der Waals surface area contributed by atoms with E-state index in [0.717, 1.165) is 41.3 Å². The van der Waals surface area contributed by atoms with Gasteiger partial charge >= 0.3 is 0 Å². The van der Waals surface area contributed by atoms with Gasteiger partial charge in [-0.05, 0) is 61.2 Å². The molecule has 0 saturated heterocycles. The molecule has 5 saturated carbocycles. The van der Waals surface area contributed by atoms with Gasteiger partial charge < -0.3 is 0 Å². The van der Waals surface area contributed by atoms with Crippen molar-refractivity contribution in [3.63, 3.8) is 0 Å². The second-order valence-corrected chi connectivity index (χ2v) is 9.50. The Morgan fingerprint density at radius 3 is 1.32 bits per heavy atom. The molecule has 5 rings (SSSR count). The minimum Gasteiger partial charge on any atom is -0.299 e. The molecule has 5 aliphatic carbocycles. The van der Waals surface area contributed by atoms with Crippen molar-refractivity contribution in [2.45, 2.75) is 77.0 Å². The molecule has 0 aromatic rings. The van der Waals surface area contributed by atoms with E-state index in [1.54, 1.807) is 0 Å². The van der Waals surface area contributed by atoms with Gasteiger partial charge in [0, 0.05) is 11.8 Å². The lowest BCUT2D eigenvalue weighted by atomic mass is 9.59. The second-order valence-electron chi connectivity index (χ2n) is 9.50. The van der Waals surface area contributed by atoms with Crippen molar-refractivity contribution in [3.8, 4) is 0 Å². The van der Waals surface area contributed by atoms with E-state index in [0.29, 0.717) is 11.8 Å². The smallest absolute Gasteiger partial charge is 0.139 e. The molecular weight excluding hydrogens is 268 g/mol. The first-order valence-corrected chi connectivity index (χ1v) is 10.3. The van der Waals surface area contributed by atoms with Gasteiger partial charge in [-0.25, -0.2) is 0 Å². The third-order valence-electron chi connectivity index (χ3n) is 8.71. The van der Waals surface area contributed by atoms with Gasteiger partial charge in [-0.3, -0.25) is 4.79 Å². The largest absolute Gasteiger partial charge is 0.299 e. The van der Waals surface area contributed by atoms with Gasteiger partial charge in [0.05, 0.1) is 0 Å². The average molecular weight is 300 g/mol. The van der Waals surface area contributed by atoms with Crippen molar-refractivity contribution in [2.24, 2.45) is 47.3 Å². The lowest BCUT2D eigenvalue weighted by molar-refractivity contribution is -0.127. The van der Waals surface area contributed by atoms with E-state index in [1.165, 1.54) is 77.0 Å². The fraction of sp³-hybridized carbons (Fsp3) is 0.952. The zero-order valence-corrected chi connectivity index (χ0v) is 14.0. The predicted octanol–water partition coefficient (Wildman–Crippen LogP) is 5.23. The van der Waals surface area contributed by atoms with Crippen molar-refractivity contribution in [2.75, 3.05) is 0 Å². The van der Waals surface area contributed by atoms with Crippen LogP contribution in [-0.4, -0.2) is 5.78 Å². The molecule has 0 spiro atoms. The van der Waals surface area contributed by atoms with Gasteiger partial charge in [-0.1, -0.05) is 51.4 Å². The Bertz CT molecular complexity index is 415. The maximum Gasteiger partial charge on any atom is 0.139 e. The molecule has 0 aromatic heterocycles. The fourth-order valence-electron chi connectivity index (χ4n) is 7.72. The molecule has 0 radical (unpaired) electrons. The molecule has 8 unspecified atom stereocenters. The van der Waals surface area contributed by atoms with Crippen molar-refractivity contribution in [1.29, 1.82) is 0 Å². The fourth-order valence-corrected chi connectivity index (χ4v) is 7.72. The van der Waals surface area contributed by atoms with Crippen LogP contribution in [0.3, 0.4) is 0 Å². The number of ketones is 1. The first-order valence-electron chi connectivity index (χ1n) is 10.3. The molecule has 8 atom stereocenters. The molecule has 0 amide bonds. The molecular formula is C21H32O. The van der Waals surface area contributed by atoms with E-state index in [1.807, 2.05) is 0 Å². The maximum atomic E-state index is 13.1. The number of rotatable bonds is 0. The summed E-state index contributed by atoms with van der Waals surface area (Å²) in [6, 6.07) is 0. The van der Waals surface area contributed by atoms with Crippen LogP contribution in [0.15, 0.2) is 0 Å². The van der Waals surface area contributed by atoms with E-state index in [2.05, 4.69) is 0 Å². The Balaban J connectivity index is 1.39. The predicted molar refractivity (Wildman–Crippen MR) is 88.3 cm³/mol. The second kappa shape index (κ2) is 5.35. The standard InChI is InChI=1S/C21H32O/c22-21-19-11-15-7-3-1-5-13(15)9-17(19)18-10-14-6-2-4-8-16(14)12-20(18)21/h13-20H,1-12H2. The third-order valence-corrected chi connectivity index (χ3v) is 8.71. The molecule has 122 valence electrons. The van der Waals surface area contributed by atoms with E-state index in [4.69, 9.17) is 0 Å². The highest BCUT2D eigenvalue weighted by Gasteiger charge is 2.56. The molecule has 22 heavy (non-hydrogen) atoms. The van der Waals surface area contributed by atoms with E-state index in [-0.39, 0.29) is 0 Å². The monoisotopic (exact) mass is 300 g/mol. The van der Waals surface area contributed by atoms with Gasteiger partial charge in [-0.15, -0.1) is 0 Å². The molecule has 0 bridgehead atoms. The summed E-state index contributed by atoms with van der Waals surface area (Å²) in [7, 11) is 0. The molecule has 5 fully saturated rings.